The first-order valence-corrected chi connectivity index (χ1v) is 7.78. The van der Waals surface area contributed by atoms with E-state index < -0.39 is 0 Å². The van der Waals surface area contributed by atoms with Crippen LogP contribution in [0.25, 0.3) is 0 Å². The lowest BCUT2D eigenvalue weighted by atomic mass is 10.1. The molecule has 1 N–H and O–H groups in total. The number of thiazole rings is 1. The van der Waals surface area contributed by atoms with Gasteiger partial charge < -0.3 is 15.1 Å². The number of carbonyl (C=O) groups is 1. The monoisotopic (exact) mass is 352 g/mol. The number of hydrogen-bond donors (Lipinski definition) is 1. The number of aromatic nitrogens is 1. The summed E-state index contributed by atoms with van der Waals surface area (Å²) < 4.78 is 0. The minimum absolute atomic E-state index is 0. The standard InChI is InChI=1S/C13H20N4OS.2ClH/c1-10-9-19-13(15-10)17-6-4-16(5-7-17)12(18)11-2-3-14-8-11;;/h9,11,14H,2-8H2,1H3;2*1H. The first-order chi connectivity index (χ1) is 9.24. The average Bonchev–Trinajstić information content (AvgIpc) is 3.09. The van der Waals surface area contributed by atoms with Gasteiger partial charge in [0, 0.05) is 38.1 Å². The van der Waals surface area contributed by atoms with Crippen LogP contribution in [0.3, 0.4) is 0 Å². The van der Waals surface area contributed by atoms with Crippen LogP contribution >= 0.6 is 36.2 Å². The van der Waals surface area contributed by atoms with E-state index in [1.165, 1.54) is 0 Å². The van der Waals surface area contributed by atoms with Gasteiger partial charge in [-0.3, -0.25) is 4.79 Å². The van der Waals surface area contributed by atoms with E-state index in [-0.39, 0.29) is 30.7 Å². The number of rotatable bonds is 2. The van der Waals surface area contributed by atoms with Crippen LogP contribution in [0.4, 0.5) is 5.13 Å². The Labute approximate surface area is 141 Å². The molecular formula is C13H22Cl2N4OS. The van der Waals surface area contributed by atoms with Crippen molar-refractivity contribution in [3.8, 4) is 0 Å². The zero-order valence-corrected chi connectivity index (χ0v) is 14.5. The maximum atomic E-state index is 12.3. The van der Waals surface area contributed by atoms with Gasteiger partial charge in [-0.2, -0.15) is 0 Å². The number of piperazine rings is 1. The molecule has 0 bridgehead atoms. The molecule has 120 valence electrons. The lowest BCUT2D eigenvalue weighted by molar-refractivity contribution is -0.135. The predicted molar refractivity (Wildman–Crippen MR) is 91.1 cm³/mol. The Morgan fingerprint density at radius 2 is 2.05 bits per heavy atom. The van der Waals surface area contributed by atoms with Crippen molar-refractivity contribution in [1.29, 1.82) is 0 Å². The number of amides is 1. The third-order valence-corrected chi connectivity index (χ3v) is 4.90. The van der Waals surface area contributed by atoms with Crippen molar-refractivity contribution in [2.24, 2.45) is 5.92 Å². The summed E-state index contributed by atoms with van der Waals surface area (Å²) in [4.78, 5) is 21.1. The number of anilines is 1. The molecule has 2 fully saturated rings. The van der Waals surface area contributed by atoms with Crippen molar-refractivity contribution in [3.05, 3.63) is 11.1 Å². The molecule has 2 aliphatic rings. The van der Waals surface area contributed by atoms with E-state index in [9.17, 15) is 4.79 Å². The second kappa shape index (κ2) is 8.17. The molecule has 0 saturated carbocycles. The quantitative estimate of drug-likeness (QED) is 0.877. The summed E-state index contributed by atoms with van der Waals surface area (Å²) in [6, 6.07) is 0. The van der Waals surface area contributed by atoms with Crippen molar-refractivity contribution in [1.82, 2.24) is 15.2 Å². The molecule has 3 heterocycles. The summed E-state index contributed by atoms with van der Waals surface area (Å²) in [5, 5.41) is 6.43. The van der Waals surface area contributed by atoms with Gasteiger partial charge in [-0.1, -0.05) is 0 Å². The summed E-state index contributed by atoms with van der Waals surface area (Å²) in [5.41, 5.74) is 1.08. The van der Waals surface area contributed by atoms with Gasteiger partial charge in [0.1, 0.15) is 0 Å². The number of nitrogens with one attached hydrogen (secondary N) is 1. The zero-order chi connectivity index (χ0) is 13.2. The summed E-state index contributed by atoms with van der Waals surface area (Å²) in [5.74, 6) is 0.536. The first-order valence-electron chi connectivity index (χ1n) is 6.90. The van der Waals surface area contributed by atoms with Crippen molar-refractivity contribution < 1.29 is 4.79 Å². The third-order valence-electron chi connectivity index (χ3n) is 3.88. The van der Waals surface area contributed by atoms with Gasteiger partial charge in [0.05, 0.1) is 11.6 Å². The molecule has 0 radical (unpaired) electrons. The van der Waals surface area contributed by atoms with E-state index in [2.05, 4.69) is 20.6 Å². The number of carbonyl (C=O) groups excluding carboxylic acids is 1. The first kappa shape index (κ1) is 18.5. The molecule has 0 aromatic carbocycles. The molecule has 0 aliphatic carbocycles. The van der Waals surface area contributed by atoms with Crippen LogP contribution in [0.15, 0.2) is 5.38 Å². The smallest absolute Gasteiger partial charge is 0.227 e. The Hall–Kier alpha value is -0.560. The molecular weight excluding hydrogens is 331 g/mol. The van der Waals surface area contributed by atoms with Crippen molar-refractivity contribution in [3.63, 3.8) is 0 Å². The summed E-state index contributed by atoms with van der Waals surface area (Å²) >= 11 is 1.69. The highest BCUT2D eigenvalue weighted by atomic mass is 35.5. The zero-order valence-electron chi connectivity index (χ0n) is 12.1. The highest BCUT2D eigenvalue weighted by Gasteiger charge is 2.29. The number of aryl methyl sites for hydroxylation is 1. The fraction of sp³-hybridized carbons (Fsp3) is 0.692. The highest BCUT2D eigenvalue weighted by Crippen LogP contribution is 2.22. The maximum absolute atomic E-state index is 12.3. The molecule has 21 heavy (non-hydrogen) atoms. The molecule has 1 aromatic heterocycles. The number of halogens is 2. The van der Waals surface area contributed by atoms with Gasteiger partial charge in [0.25, 0.3) is 0 Å². The Morgan fingerprint density at radius 3 is 2.57 bits per heavy atom. The SMILES string of the molecule is Cc1csc(N2CCN(C(=O)C3CCNC3)CC2)n1.Cl.Cl. The van der Waals surface area contributed by atoms with Crippen molar-refractivity contribution in [2.45, 2.75) is 13.3 Å². The van der Waals surface area contributed by atoms with Crippen LogP contribution < -0.4 is 10.2 Å². The molecule has 2 aliphatic heterocycles. The Morgan fingerprint density at radius 1 is 1.33 bits per heavy atom. The van der Waals surface area contributed by atoms with Crippen LogP contribution in [-0.4, -0.2) is 55.1 Å². The molecule has 1 aromatic rings. The normalized spacial score (nSPS) is 21.7. The van der Waals surface area contributed by atoms with Gasteiger partial charge in [-0.25, -0.2) is 4.98 Å². The fourth-order valence-electron chi connectivity index (χ4n) is 2.73. The summed E-state index contributed by atoms with van der Waals surface area (Å²) in [6.45, 7) is 7.31. The van der Waals surface area contributed by atoms with E-state index >= 15 is 0 Å². The van der Waals surface area contributed by atoms with Crippen LogP contribution in [0, 0.1) is 12.8 Å². The highest BCUT2D eigenvalue weighted by molar-refractivity contribution is 7.13. The fourth-order valence-corrected chi connectivity index (χ4v) is 3.59. The van der Waals surface area contributed by atoms with Gasteiger partial charge in [-0.05, 0) is 19.9 Å². The van der Waals surface area contributed by atoms with Crippen LogP contribution in [0.2, 0.25) is 0 Å². The van der Waals surface area contributed by atoms with Gasteiger partial charge in [-0.15, -0.1) is 36.2 Å². The van der Waals surface area contributed by atoms with Crippen LogP contribution in [0.1, 0.15) is 12.1 Å². The second-order valence-corrected chi connectivity index (χ2v) is 6.11. The van der Waals surface area contributed by atoms with Gasteiger partial charge in [0.15, 0.2) is 5.13 Å². The van der Waals surface area contributed by atoms with E-state index in [1.54, 1.807) is 11.3 Å². The molecule has 2 saturated heterocycles. The summed E-state index contributed by atoms with van der Waals surface area (Å²) in [7, 11) is 0. The van der Waals surface area contributed by atoms with E-state index in [0.29, 0.717) is 5.91 Å². The van der Waals surface area contributed by atoms with Crippen LogP contribution in [-0.2, 0) is 4.79 Å². The van der Waals surface area contributed by atoms with Gasteiger partial charge >= 0.3 is 0 Å². The second-order valence-electron chi connectivity index (χ2n) is 5.27. The number of nitrogens with zero attached hydrogens (tertiary/aromatic N) is 3. The lowest BCUT2D eigenvalue weighted by Gasteiger charge is -2.35. The minimum atomic E-state index is 0. The van der Waals surface area contributed by atoms with Crippen molar-refractivity contribution in [2.75, 3.05) is 44.2 Å². The average molecular weight is 353 g/mol. The third kappa shape index (κ3) is 4.22. The molecule has 1 amide bonds. The largest absolute Gasteiger partial charge is 0.345 e. The Kier molecular flexibility index (Phi) is 7.20. The van der Waals surface area contributed by atoms with Gasteiger partial charge in [0.2, 0.25) is 5.91 Å². The Bertz CT molecular complexity index is 457. The topological polar surface area (TPSA) is 48.5 Å². The molecule has 1 atom stereocenters. The molecule has 1 unspecified atom stereocenters. The van der Waals surface area contributed by atoms with Crippen LogP contribution in [0.5, 0.6) is 0 Å². The molecule has 0 spiro atoms. The predicted octanol–water partition coefficient (Wildman–Crippen LogP) is 1.55. The van der Waals surface area contributed by atoms with E-state index in [1.807, 2.05) is 11.8 Å². The van der Waals surface area contributed by atoms with Crippen molar-refractivity contribution >= 4 is 47.2 Å². The molecule has 5 nitrogen and oxygen atoms in total. The maximum Gasteiger partial charge on any atom is 0.227 e. The van der Waals surface area contributed by atoms with E-state index in [4.69, 9.17) is 0 Å². The minimum Gasteiger partial charge on any atom is -0.345 e. The molecule has 3 rings (SSSR count). The Balaban J connectivity index is 0.00000110. The number of hydrogen-bond acceptors (Lipinski definition) is 5. The summed E-state index contributed by atoms with van der Waals surface area (Å²) in [6.07, 6.45) is 0.991. The lowest BCUT2D eigenvalue weighted by Crippen LogP contribution is -2.50. The molecule has 8 heteroatoms. The van der Waals surface area contributed by atoms with E-state index in [0.717, 1.165) is 56.5 Å².